The molecule has 0 aliphatic carbocycles. The summed E-state index contributed by atoms with van der Waals surface area (Å²) in [6.07, 6.45) is 2.65. The normalized spacial score (nSPS) is 18.0. The van der Waals surface area contributed by atoms with Crippen LogP contribution in [0.2, 0.25) is 0 Å². The summed E-state index contributed by atoms with van der Waals surface area (Å²) in [5.41, 5.74) is 3.19. The number of halogens is 1. The zero-order valence-electron chi connectivity index (χ0n) is 20.4. The number of rotatable bonds is 5. The molecule has 36 heavy (non-hydrogen) atoms. The van der Waals surface area contributed by atoms with Gasteiger partial charge >= 0.3 is 0 Å². The molecule has 1 N–H and O–H groups in total. The number of carbonyl (C=O) groups is 2. The molecule has 0 saturated carbocycles. The molecule has 3 aromatic rings. The SMILES string of the molecule is COc1ccc(C2Cn3cnc(C(=O)N4CCC(C(=O)Nc5ccc(C)c(F)c5)CC4)c3CO2)cc1. The number of carbonyl (C=O) groups excluding carboxylic acids is 2. The lowest BCUT2D eigenvalue weighted by Gasteiger charge is -2.31. The van der Waals surface area contributed by atoms with E-state index in [1.165, 1.54) is 6.07 Å². The van der Waals surface area contributed by atoms with Gasteiger partial charge in [-0.3, -0.25) is 9.59 Å². The summed E-state index contributed by atoms with van der Waals surface area (Å²) in [6, 6.07) is 12.4. The average Bonchev–Trinajstić information content (AvgIpc) is 3.34. The van der Waals surface area contributed by atoms with Gasteiger partial charge in [-0.25, -0.2) is 9.37 Å². The van der Waals surface area contributed by atoms with Gasteiger partial charge in [0.25, 0.3) is 5.91 Å². The number of amides is 2. The second-order valence-corrected chi connectivity index (χ2v) is 9.28. The van der Waals surface area contributed by atoms with Crippen LogP contribution in [0.3, 0.4) is 0 Å². The van der Waals surface area contributed by atoms with Gasteiger partial charge in [-0.15, -0.1) is 0 Å². The number of anilines is 1. The molecule has 1 unspecified atom stereocenters. The summed E-state index contributed by atoms with van der Waals surface area (Å²) in [5.74, 6) is -0.0905. The molecular formula is C27H29FN4O4. The van der Waals surface area contributed by atoms with E-state index in [4.69, 9.17) is 9.47 Å². The van der Waals surface area contributed by atoms with E-state index in [0.29, 0.717) is 56.0 Å². The zero-order valence-corrected chi connectivity index (χ0v) is 20.4. The first-order chi connectivity index (χ1) is 17.4. The smallest absolute Gasteiger partial charge is 0.274 e. The van der Waals surface area contributed by atoms with Crippen LogP contribution < -0.4 is 10.1 Å². The first-order valence-electron chi connectivity index (χ1n) is 12.1. The molecule has 2 aromatic carbocycles. The molecule has 9 heteroatoms. The number of piperidine rings is 1. The van der Waals surface area contributed by atoms with Gasteiger partial charge in [0, 0.05) is 24.7 Å². The van der Waals surface area contributed by atoms with Crippen LogP contribution in [0.15, 0.2) is 48.8 Å². The molecule has 1 atom stereocenters. The van der Waals surface area contributed by atoms with Crippen LogP contribution in [0.25, 0.3) is 0 Å². The first-order valence-corrected chi connectivity index (χ1v) is 12.1. The van der Waals surface area contributed by atoms with Crippen LogP contribution in [0, 0.1) is 18.7 Å². The van der Waals surface area contributed by atoms with Crippen LogP contribution in [0.1, 0.15) is 46.3 Å². The van der Waals surface area contributed by atoms with Crippen LogP contribution >= 0.6 is 0 Å². The van der Waals surface area contributed by atoms with Crippen molar-refractivity contribution in [2.75, 3.05) is 25.5 Å². The van der Waals surface area contributed by atoms with Crippen molar-refractivity contribution in [3.63, 3.8) is 0 Å². The Hall–Kier alpha value is -3.72. The van der Waals surface area contributed by atoms with Crippen molar-refractivity contribution in [3.8, 4) is 5.75 Å². The van der Waals surface area contributed by atoms with Gasteiger partial charge in [-0.05, 0) is 55.2 Å². The summed E-state index contributed by atoms with van der Waals surface area (Å²) in [5, 5.41) is 2.79. The van der Waals surface area contributed by atoms with E-state index in [1.807, 2.05) is 28.8 Å². The molecule has 8 nitrogen and oxygen atoms in total. The maximum absolute atomic E-state index is 13.8. The molecule has 2 aliphatic rings. The van der Waals surface area contributed by atoms with E-state index in [2.05, 4.69) is 10.3 Å². The number of aryl methyl sites for hydroxylation is 1. The number of aromatic nitrogens is 2. The van der Waals surface area contributed by atoms with Gasteiger partial charge in [-0.1, -0.05) is 18.2 Å². The van der Waals surface area contributed by atoms with Crippen molar-refractivity contribution >= 4 is 17.5 Å². The van der Waals surface area contributed by atoms with E-state index in [1.54, 1.807) is 37.4 Å². The molecule has 0 spiro atoms. The maximum Gasteiger partial charge on any atom is 0.274 e. The summed E-state index contributed by atoms with van der Waals surface area (Å²) < 4.78 is 27.1. The van der Waals surface area contributed by atoms with Crippen LogP contribution in [-0.4, -0.2) is 46.5 Å². The molecule has 188 valence electrons. The fourth-order valence-corrected chi connectivity index (χ4v) is 4.74. The van der Waals surface area contributed by atoms with Crippen LogP contribution in [-0.2, 0) is 22.7 Å². The molecule has 0 bridgehead atoms. The highest BCUT2D eigenvalue weighted by Crippen LogP contribution is 2.30. The van der Waals surface area contributed by atoms with Gasteiger partial charge in [0.2, 0.25) is 5.91 Å². The Kier molecular flexibility index (Phi) is 6.73. The van der Waals surface area contributed by atoms with E-state index >= 15 is 0 Å². The molecule has 0 radical (unpaired) electrons. The number of benzene rings is 2. The second-order valence-electron chi connectivity index (χ2n) is 9.28. The Labute approximate surface area is 209 Å². The predicted octanol–water partition coefficient (Wildman–Crippen LogP) is 4.10. The quantitative estimate of drug-likeness (QED) is 0.580. The minimum atomic E-state index is -0.351. The number of fused-ring (bicyclic) bond motifs is 1. The number of likely N-dealkylation sites (tertiary alicyclic amines) is 1. The zero-order chi connectivity index (χ0) is 25.2. The standard InChI is InChI=1S/C27H29FN4O4/c1-17-3-6-20(13-22(17)28)30-26(33)19-9-11-31(12-10-19)27(34)25-23-15-36-24(14-32(23)16-29-25)18-4-7-21(35-2)8-5-18/h3-8,13,16,19,24H,9-12,14-15H2,1-2H3,(H,30,33). The van der Waals surface area contributed by atoms with E-state index in [9.17, 15) is 14.0 Å². The van der Waals surface area contributed by atoms with Crippen molar-refractivity contribution in [1.82, 2.24) is 14.5 Å². The molecule has 2 aliphatic heterocycles. The number of ether oxygens (including phenoxy) is 2. The Morgan fingerprint density at radius 2 is 1.89 bits per heavy atom. The van der Waals surface area contributed by atoms with Gasteiger partial charge in [0.05, 0.1) is 32.3 Å². The molecule has 1 saturated heterocycles. The van der Waals surface area contributed by atoms with Crippen molar-refractivity contribution in [3.05, 3.63) is 77.1 Å². The lowest BCUT2D eigenvalue weighted by atomic mass is 9.95. The Bertz CT molecular complexity index is 1270. The maximum atomic E-state index is 13.8. The van der Waals surface area contributed by atoms with Crippen LogP contribution in [0.5, 0.6) is 5.75 Å². The number of imidazole rings is 1. The lowest BCUT2D eigenvalue weighted by Crippen LogP contribution is -2.42. The van der Waals surface area contributed by atoms with Gasteiger partial charge < -0.3 is 24.3 Å². The predicted molar refractivity (Wildman–Crippen MR) is 131 cm³/mol. The highest BCUT2D eigenvalue weighted by molar-refractivity contribution is 5.95. The minimum absolute atomic E-state index is 0.128. The Morgan fingerprint density at radius 3 is 2.58 bits per heavy atom. The van der Waals surface area contributed by atoms with Crippen molar-refractivity contribution in [1.29, 1.82) is 0 Å². The highest BCUT2D eigenvalue weighted by Gasteiger charge is 2.32. The van der Waals surface area contributed by atoms with Crippen molar-refractivity contribution in [2.45, 2.75) is 39.0 Å². The topological polar surface area (TPSA) is 85.7 Å². The summed E-state index contributed by atoms with van der Waals surface area (Å²) in [6.45, 7) is 3.46. The minimum Gasteiger partial charge on any atom is -0.497 e. The number of methoxy groups -OCH3 is 1. The van der Waals surface area contributed by atoms with Gasteiger partial charge in [0.15, 0.2) is 5.69 Å². The highest BCUT2D eigenvalue weighted by atomic mass is 19.1. The fraction of sp³-hybridized carbons (Fsp3) is 0.370. The number of nitrogens with one attached hydrogen (secondary N) is 1. The van der Waals surface area contributed by atoms with E-state index in [0.717, 1.165) is 17.0 Å². The number of hydrogen-bond donors (Lipinski definition) is 1. The Morgan fingerprint density at radius 1 is 1.14 bits per heavy atom. The van der Waals surface area contributed by atoms with Gasteiger partial charge in [-0.2, -0.15) is 0 Å². The van der Waals surface area contributed by atoms with Crippen molar-refractivity contribution < 1.29 is 23.5 Å². The summed E-state index contributed by atoms with van der Waals surface area (Å²) in [4.78, 5) is 32.1. The molecule has 5 rings (SSSR count). The molecule has 2 amide bonds. The Balaban J connectivity index is 1.18. The summed E-state index contributed by atoms with van der Waals surface area (Å²) in [7, 11) is 1.63. The molecule has 1 fully saturated rings. The fourth-order valence-electron chi connectivity index (χ4n) is 4.74. The largest absolute Gasteiger partial charge is 0.497 e. The number of nitrogens with zero attached hydrogens (tertiary/aromatic N) is 3. The molecule has 1 aromatic heterocycles. The van der Waals surface area contributed by atoms with Crippen molar-refractivity contribution in [2.24, 2.45) is 5.92 Å². The van der Waals surface area contributed by atoms with Crippen LogP contribution in [0.4, 0.5) is 10.1 Å². The monoisotopic (exact) mass is 492 g/mol. The lowest BCUT2D eigenvalue weighted by molar-refractivity contribution is -0.121. The third-order valence-electron chi connectivity index (χ3n) is 7.01. The van der Waals surface area contributed by atoms with Gasteiger partial charge in [0.1, 0.15) is 17.7 Å². The number of hydrogen-bond acceptors (Lipinski definition) is 5. The molecular weight excluding hydrogens is 463 g/mol. The van der Waals surface area contributed by atoms with E-state index < -0.39 is 0 Å². The summed E-state index contributed by atoms with van der Waals surface area (Å²) >= 11 is 0. The van der Waals surface area contributed by atoms with E-state index in [-0.39, 0.29) is 29.7 Å². The molecule has 3 heterocycles. The first kappa shape index (κ1) is 24.0. The second kappa shape index (κ2) is 10.1. The third kappa shape index (κ3) is 4.83. The third-order valence-corrected chi connectivity index (χ3v) is 7.01. The average molecular weight is 493 g/mol.